The molecule has 0 aromatic rings. The van der Waals surface area contributed by atoms with E-state index < -0.39 is 0 Å². The second-order valence-corrected chi connectivity index (χ2v) is 4.18. The molecule has 1 amide bonds. The fraction of sp³-hybridized carbons (Fsp3) is 0.917. The van der Waals surface area contributed by atoms with Gasteiger partial charge in [-0.2, -0.15) is 0 Å². The van der Waals surface area contributed by atoms with Gasteiger partial charge in [-0.25, -0.2) is 4.79 Å². The zero-order valence-electron chi connectivity index (χ0n) is 10.00. The first-order chi connectivity index (χ1) is 7.29. The summed E-state index contributed by atoms with van der Waals surface area (Å²) in [5, 5.41) is 0. The second kappa shape index (κ2) is 6.70. The summed E-state index contributed by atoms with van der Waals surface area (Å²) in [4.78, 5) is 13.6. The van der Waals surface area contributed by atoms with Gasteiger partial charge < -0.3 is 9.64 Å². The summed E-state index contributed by atoms with van der Waals surface area (Å²) >= 11 is 0. The van der Waals surface area contributed by atoms with Crippen molar-refractivity contribution in [3.8, 4) is 0 Å². The van der Waals surface area contributed by atoms with Gasteiger partial charge in [-0.3, -0.25) is 0 Å². The molecule has 1 atom stereocenters. The van der Waals surface area contributed by atoms with Crippen LogP contribution < -0.4 is 0 Å². The van der Waals surface area contributed by atoms with E-state index >= 15 is 0 Å². The van der Waals surface area contributed by atoms with E-state index in [1.165, 1.54) is 19.3 Å². The number of rotatable bonds is 4. The second-order valence-electron chi connectivity index (χ2n) is 4.18. The summed E-state index contributed by atoms with van der Waals surface area (Å²) < 4.78 is 5.08. The average molecular weight is 213 g/mol. The molecule has 0 aromatic carbocycles. The van der Waals surface area contributed by atoms with Crippen molar-refractivity contribution in [1.82, 2.24) is 4.90 Å². The van der Waals surface area contributed by atoms with E-state index in [0.29, 0.717) is 12.6 Å². The van der Waals surface area contributed by atoms with Gasteiger partial charge in [-0.15, -0.1) is 0 Å². The molecule has 3 nitrogen and oxygen atoms in total. The highest BCUT2D eigenvalue weighted by molar-refractivity contribution is 5.68. The lowest BCUT2D eigenvalue weighted by Gasteiger charge is -2.34. The van der Waals surface area contributed by atoms with Crippen molar-refractivity contribution >= 4 is 6.09 Å². The molecule has 1 rings (SSSR count). The molecule has 1 saturated heterocycles. The van der Waals surface area contributed by atoms with Crippen molar-refractivity contribution < 1.29 is 9.53 Å². The highest BCUT2D eigenvalue weighted by Crippen LogP contribution is 2.22. The number of ether oxygens (including phenoxy) is 1. The summed E-state index contributed by atoms with van der Waals surface area (Å²) in [7, 11) is 0. The molecule has 0 radical (unpaired) electrons. The SMILES string of the molecule is CCCCC1CCCCN1C(=O)OCC. The number of amides is 1. The minimum absolute atomic E-state index is 0.113. The minimum atomic E-state index is -0.113. The molecular formula is C12H23NO2. The van der Waals surface area contributed by atoms with Crippen LogP contribution in [0.3, 0.4) is 0 Å². The van der Waals surface area contributed by atoms with Crippen LogP contribution in [0.15, 0.2) is 0 Å². The molecular weight excluding hydrogens is 190 g/mol. The summed E-state index contributed by atoms with van der Waals surface area (Å²) in [6.45, 7) is 5.42. The van der Waals surface area contributed by atoms with Crippen LogP contribution in [0.2, 0.25) is 0 Å². The van der Waals surface area contributed by atoms with Crippen molar-refractivity contribution in [3.05, 3.63) is 0 Å². The predicted molar refractivity (Wildman–Crippen MR) is 60.9 cm³/mol. The standard InChI is InChI=1S/C12H23NO2/c1-3-5-8-11-9-6-7-10-13(11)12(14)15-4-2/h11H,3-10H2,1-2H3. The van der Waals surface area contributed by atoms with Crippen LogP contribution in [0.4, 0.5) is 4.79 Å². The van der Waals surface area contributed by atoms with Crippen LogP contribution in [0, 0.1) is 0 Å². The zero-order valence-corrected chi connectivity index (χ0v) is 10.00. The van der Waals surface area contributed by atoms with Gasteiger partial charge in [0, 0.05) is 12.6 Å². The van der Waals surface area contributed by atoms with E-state index in [2.05, 4.69) is 6.92 Å². The third-order valence-corrected chi connectivity index (χ3v) is 3.02. The maximum Gasteiger partial charge on any atom is 0.409 e. The van der Waals surface area contributed by atoms with Gasteiger partial charge in [0.15, 0.2) is 0 Å². The van der Waals surface area contributed by atoms with Crippen LogP contribution >= 0.6 is 0 Å². The molecule has 1 fully saturated rings. The number of likely N-dealkylation sites (tertiary alicyclic amines) is 1. The van der Waals surface area contributed by atoms with Crippen molar-refractivity contribution in [3.63, 3.8) is 0 Å². The number of nitrogens with zero attached hydrogens (tertiary/aromatic N) is 1. The first kappa shape index (κ1) is 12.3. The molecule has 3 heteroatoms. The van der Waals surface area contributed by atoms with Gasteiger partial charge >= 0.3 is 6.09 Å². The quantitative estimate of drug-likeness (QED) is 0.717. The van der Waals surface area contributed by atoms with E-state index in [1.807, 2.05) is 11.8 Å². The Hall–Kier alpha value is -0.730. The number of hydrogen-bond donors (Lipinski definition) is 0. The predicted octanol–water partition coefficient (Wildman–Crippen LogP) is 3.19. The van der Waals surface area contributed by atoms with Gasteiger partial charge in [0.2, 0.25) is 0 Å². The molecule has 15 heavy (non-hydrogen) atoms. The average Bonchev–Trinajstić information content (AvgIpc) is 2.27. The Bertz CT molecular complexity index is 194. The lowest BCUT2D eigenvalue weighted by Crippen LogP contribution is -2.43. The molecule has 1 aliphatic rings. The van der Waals surface area contributed by atoms with Crippen LogP contribution in [0.25, 0.3) is 0 Å². The smallest absolute Gasteiger partial charge is 0.409 e. The Labute approximate surface area is 92.8 Å². The van der Waals surface area contributed by atoms with Crippen LogP contribution in [-0.4, -0.2) is 30.2 Å². The Balaban J connectivity index is 2.45. The molecule has 1 unspecified atom stereocenters. The molecule has 1 heterocycles. The van der Waals surface area contributed by atoms with Crippen molar-refractivity contribution in [1.29, 1.82) is 0 Å². The van der Waals surface area contributed by atoms with Crippen LogP contribution in [0.1, 0.15) is 52.4 Å². The summed E-state index contributed by atoms with van der Waals surface area (Å²) in [5.41, 5.74) is 0. The molecule has 1 aliphatic heterocycles. The fourth-order valence-corrected chi connectivity index (χ4v) is 2.19. The molecule has 0 aliphatic carbocycles. The van der Waals surface area contributed by atoms with Crippen LogP contribution in [0.5, 0.6) is 0 Å². The van der Waals surface area contributed by atoms with Gasteiger partial charge in [0.25, 0.3) is 0 Å². The topological polar surface area (TPSA) is 29.5 Å². The number of unbranched alkanes of at least 4 members (excludes halogenated alkanes) is 1. The maximum absolute atomic E-state index is 11.7. The highest BCUT2D eigenvalue weighted by Gasteiger charge is 2.26. The lowest BCUT2D eigenvalue weighted by atomic mass is 9.98. The van der Waals surface area contributed by atoms with Gasteiger partial charge in [-0.1, -0.05) is 19.8 Å². The normalized spacial score (nSPS) is 21.5. The fourth-order valence-electron chi connectivity index (χ4n) is 2.19. The summed E-state index contributed by atoms with van der Waals surface area (Å²) in [6.07, 6.45) is 6.96. The largest absolute Gasteiger partial charge is 0.450 e. The summed E-state index contributed by atoms with van der Waals surface area (Å²) in [6, 6.07) is 0.428. The van der Waals surface area contributed by atoms with Gasteiger partial charge in [-0.05, 0) is 32.6 Å². The van der Waals surface area contributed by atoms with Crippen molar-refractivity contribution in [2.45, 2.75) is 58.4 Å². The minimum Gasteiger partial charge on any atom is -0.450 e. The lowest BCUT2D eigenvalue weighted by molar-refractivity contribution is 0.0739. The third-order valence-electron chi connectivity index (χ3n) is 3.02. The first-order valence-electron chi connectivity index (χ1n) is 6.23. The Morgan fingerprint density at radius 2 is 2.20 bits per heavy atom. The Morgan fingerprint density at radius 3 is 2.87 bits per heavy atom. The first-order valence-corrected chi connectivity index (χ1v) is 6.23. The van der Waals surface area contributed by atoms with Gasteiger partial charge in [0.1, 0.15) is 0 Å². The number of piperidine rings is 1. The number of carbonyl (C=O) groups is 1. The molecule has 0 saturated carbocycles. The molecule has 0 N–H and O–H groups in total. The Kier molecular flexibility index (Phi) is 5.51. The molecule has 88 valence electrons. The van der Waals surface area contributed by atoms with Crippen molar-refractivity contribution in [2.24, 2.45) is 0 Å². The van der Waals surface area contributed by atoms with E-state index in [0.717, 1.165) is 25.8 Å². The maximum atomic E-state index is 11.7. The van der Waals surface area contributed by atoms with Gasteiger partial charge in [0.05, 0.1) is 6.61 Å². The monoisotopic (exact) mass is 213 g/mol. The summed E-state index contributed by atoms with van der Waals surface area (Å²) in [5.74, 6) is 0. The molecule has 0 bridgehead atoms. The van der Waals surface area contributed by atoms with E-state index in [9.17, 15) is 4.79 Å². The van der Waals surface area contributed by atoms with E-state index in [1.54, 1.807) is 0 Å². The number of hydrogen-bond acceptors (Lipinski definition) is 2. The van der Waals surface area contributed by atoms with E-state index in [4.69, 9.17) is 4.74 Å². The Morgan fingerprint density at radius 1 is 1.40 bits per heavy atom. The van der Waals surface area contributed by atoms with E-state index in [-0.39, 0.29) is 6.09 Å². The van der Waals surface area contributed by atoms with Crippen LogP contribution in [-0.2, 0) is 4.74 Å². The van der Waals surface area contributed by atoms with Crippen molar-refractivity contribution in [2.75, 3.05) is 13.2 Å². The molecule has 0 spiro atoms. The zero-order chi connectivity index (χ0) is 11.1. The highest BCUT2D eigenvalue weighted by atomic mass is 16.6. The third kappa shape index (κ3) is 3.73. The molecule has 0 aromatic heterocycles. The number of carbonyl (C=O) groups excluding carboxylic acids is 1.